The number of fused-ring (bicyclic) bond motifs is 1. The summed E-state index contributed by atoms with van der Waals surface area (Å²) in [6.07, 6.45) is 6.41. The van der Waals surface area contributed by atoms with E-state index in [2.05, 4.69) is 27.7 Å². The molecule has 92 valence electrons. The molecule has 0 amide bonds. The van der Waals surface area contributed by atoms with Crippen LogP contribution < -0.4 is 0 Å². The number of hydrogen-bond acceptors (Lipinski definition) is 1. The Morgan fingerprint density at radius 1 is 1.00 bits per heavy atom. The molecule has 5 atom stereocenters. The van der Waals surface area contributed by atoms with Crippen LogP contribution in [0.2, 0.25) is 0 Å². The minimum Gasteiger partial charge on any atom is -0.390 e. The van der Waals surface area contributed by atoms with Gasteiger partial charge in [0.2, 0.25) is 0 Å². The summed E-state index contributed by atoms with van der Waals surface area (Å²) in [6.45, 7) is 9.38. The Kier molecular flexibility index (Phi) is 1.98. The Hall–Kier alpha value is -0.0400. The zero-order valence-corrected chi connectivity index (χ0v) is 11.2. The lowest BCUT2D eigenvalue weighted by Crippen LogP contribution is -2.44. The highest BCUT2D eigenvalue weighted by atomic mass is 16.3. The maximum absolute atomic E-state index is 10.6. The van der Waals surface area contributed by atoms with Gasteiger partial charge in [-0.25, -0.2) is 0 Å². The molecule has 1 spiro atoms. The minimum atomic E-state index is -0.404. The molecule has 0 aromatic heterocycles. The predicted molar refractivity (Wildman–Crippen MR) is 66.1 cm³/mol. The van der Waals surface area contributed by atoms with Crippen LogP contribution in [0.25, 0.3) is 0 Å². The van der Waals surface area contributed by atoms with Gasteiger partial charge in [0.1, 0.15) is 0 Å². The standard InChI is InChI=1S/C15H26O/c1-10-5-6-11-13(2,3)12-9-15(10,11)8-7-14(12,4)16/h10-12,16H,5-9H2,1-4H3/t10-,11?,12?,14?,15-/m1/s1. The van der Waals surface area contributed by atoms with E-state index in [0.717, 1.165) is 18.3 Å². The van der Waals surface area contributed by atoms with Crippen LogP contribution in [-0.2, 0) is 0 Å². The molecule has 3 aliphatic carbocycles. The van der Waals surface area contributed by atoms with E-state index < -0.39 is 5.60 Å². The first-order chi connectivity index (χ1) is 7.31. The summed E-state index contributed by atoms with van der Waals surface area (Å²) >= 11 is 0. The van der Waals surface area contributed by atoms with Crippen molar-refractivity contribution in [3.63, 3.8) is 0 Å². The summed E-state index contributed by atoms with van der Waals surface area (Å²) in [5, 5.41) is 10.6. The Morgan fingerprint density at radius 3 is 2.38 bits per heavy atom. The van der Waals surface area contributed by atoms with Crippen molar-refractivity contribution in [2.45, 2.75) is 65.4 Å². The van der Waals surface area contributed by atoms with Gasteiger partial charge in [0, 0.05) is 0 Å². The maximum Gasteiger partial charge on any atom is 0.0653 e. The van der Waals surface area contributed by atoms with Crippen molar-refractivity contribution < 1.29 is 5.11 Å². The molecule has 1 nitrogen and oxygen atoms in total. The highest BCUT2D eigenvalue weighted by Gasteiger charge is 2.67. The zero-order valence-electron chi connectivity index (χ0n) is 11.2. The van der Waals surface area contributed by atoms with Crippen LogP contribution in [0.15, 0.2) is 0 Å². The molecule has 0 radical (unpaired) electrons. The van der Waals surface area contributed by atoms with Gasteiger partial charge >= 0.3 is 0 Å². The van der Waals surface area contributed by atoms with E-state index in [9.17, 15) is 5.11 Å². The molecule has 0 aliphatic heterocycles. The fourth-order valence-corrected chi connectivity index (χ4v) is 5.88. The fraction of sp³-hybridized carbons (Fsp3) is 1.00. The van der Waals surface area contributed by atoms with Gasteiger partial charge in [0.15, 0.2) is 0 Å². The Balaban J connectivity index is 2.07. The minimum absolute atomic E-state index is 0.352. The molecule has 0 saturated heterocycles. The van der Waals surface area contributed by atoms with Crippen LogP contribution >= 0.6 is 0 Å². The van der Waals surface area contributed by atoms with Crippen molar-refractivity contribution in [1.29, 1.82) is 0 Å². The van der Waals surface area contributed by atoms with E-state index in [1.54, 1.807) is 0 Å². The van der Waals surface area contributed by atoms with Crippen molar-refractivity contribution >= 4 is 0 Å². The molecule has 3 unspecified atom stereocenters. The number of rotatable bonds is 0. The van der Waals surface area contributed by atoms with Gasteiger partial charge in [-0.1, -0.05) is 20.8 Å². The van der Waals surface area contributed by atoms with E-state index in [1.807, 2.05) is 0 Å². The highest BCUT2D eigenvalue weighted by Crippen LogP contribution is 2.73. The summed E-state index contributed by atoms with van der Waals surface area (Å²) in [5.41, 5.74) is 0.542. The smallest absolute Gasteiger partial charge is 0.0653 e. The van der Waals surface area contributed by atoms with Gasteiger partial charge in [0.05, 0.1) is 5.60 Å². The second-order valence-electron chi connectivity index (χ2n) is 7.70. The first-order valence-corrected chi connectivity index (χ1v) is 7.03. The lowest BCUT2D eigenvalue weighted by Gasteiger charge is -2.44. The molecular weight excluding hydrogens is 196 g/mol. The molecule has 0 heterocycles. The van der Waals surface area contributed by atoms with Crippen molar-refractivity contribution in [2.24, 2.45) is 28.6 Å². The maximum atomic E-state index is 10.6. The third-order valence-electron chi connectivity index (χ3n) is 6.79. The van der Waals surface area contributed by atoms with E-state index in [4.69, 9.17) is 0 Å². The summed E-state index contributed by atoms with van der Waals surface area (Å²) in [4.78, 5) is 0. The van der Waals surface area contributed by atoms with Crippen molar-refractivity contribution in [3.05, 3.63) is 0 Å². The van der Waals surface area contributed by atoms with Gasteiger partial charge in [-0.2, -0.15) is 0 Å². The topological polar surface area (TPSA) is 20.2 Å². The third-order valence-corrected chi connectivity index (χ3v) is 6.79. The highest BCUT2D eigenvalue weighted by molar-refractivity contribution is 5.16. The Bertz CT molecular complexity index is 313. The van der Waals surface area contributed by atoms with E-state index in [1.165, 1.54) is 25.7 Å². The molecule has 3 rings (SSSR count). The van der Waals surface area contributed by atoms with Gasteiger partial charge in [-0.15, -0.1) is 0 Å². The summed E-state index contributed by atoms with van der Waals surface area (Å²) in [5.74, 6) is 2.29. The molecule has 2 bridgehead atoms. The summed E-state index contributed by atoms with van der Waals surface area (Å²) in [7, 11) is 0. The first kappa shape index (κ1) is 11.1. The molecule has 0 aromatic rings. The number of aliphatic hydroxyl groups is 1. The molecule has 3 fully saturated rings. The quantitative estimate of drug-likeness (QED) is 0.664. The predicted octanol–water partition coefficient (Wildman–Crippen LogP) is 3.61. The zero-order chi connectivity index (χ0) is 11.8. The Labute approximate surface area is 99.6 Å². The van der Waals surface area contributed by atoms with Gasteiger partial charge in [-0.05, 0) is 67.6 Å². The van der Waals surface area contributed by atoms with Crippen LogP contribution in [0.5, 0.6) is 0 Å². The first-order valence-electron chi connectivity index (χ1n) is 7.03. The van der Waals surface area contributed by atoms with E-state index in [0.29, 0.717) is 16.7 Å². The van der Waals surface area contributed by atoms with Crippen molar-refractivity contribution in [2.75, 3.05) is 0 Å². The van der Waals surface area contributed by atoms with Crippen LogP contribution in [-0.4, -0.2) is 10.7 Å². The van der Waals surface area contributed by atoms with Gasteiger partial charge < -0.3 is 5.11 Å². The SMILES string of the molecule is C[C@@H]1CCC2C(C)(C)C3C[C@@]21CCC3(C)O. The average Bonchev–Trinajstić information content (AvgIpc) is 2.58. The van der Waals surface area contributed by atoms with Crippen LogP contribution in [0.4, 0.5) is 0 Å². The van der Waals surface area contributed by atoms with Crippen molar-refractivity contribution in [3.8, 4) is 0 Å². The second kappa shape index (κ2) is 2.85. The lowest BCUT2D eigenvalue weighted by molar-refractivity contribution is -0.0717. The van der Waals surface area contributed by atoms with Crippen molar-refractivity contribution in [1.82, 2.24) is 0 Å². The monoisotopic (exact) mass is 222 g/mol. The third kappa shape index (κ3) is 1.06. The molecule has 3 aliphatic rings. The van der Waals surface area contributed by atoms with E-state index in [-0.39, 0.29) is 0 Å². The Morgan fingerprint density at radius 2 is 1.69 bits per heavy atom. The lowest BCUT2D eigenvalue weighted by atomic mass is 9.64. The molecule has 0 aromatic carbocycles. The normalized spacial score (nSPS) is 58.7. The van der Waals surface area contributed by atoms with Crippen LogP contribution in [0.1, 0.15) is 59.8 Å². The van der Waals surface area contributed by atoms with Crippen LogP contribution in [0.3, 0.4) is 0 Å². The summed E-state index contributed by atoms with van der Waals surface area (Å²) < 4.78 is 0. The second-order valence-corrected chi connectivity index (χ2v) is 7.70. The van der Waals surface area contributed by atoms with Gasteiger partial charge in [0.25, 0.3) is 0 Å². The average molecular weight is 222 g/mol. The molecule has 16 heavy (non-hydrogen) atoms. The fourth-order valence-electron chi connectivity index (χ4n) is 5.88. The molecule has 3 saturated carbocycles. The number of hydrogen-bond donors (Lipinski definition) is 1. The largest absolute Gasteiger partial charge is 0.390 e. The summed E-state index contributed by atoms with van der Waals surface area (Å²) in [6, 6.07) is 0. The van der Waals surface area contributed by atoms with Crippen LogP contribution in [0, 0.1) is 28.6 Å². The van der Waals surface area contributed by atoms with Gasteiger partial charge in [-0.3, -0.25) is 0 Å². The van der Waals surface area contributed by atoms with E-state index >= 15 is 0 Å². The molecule has 1 N–H and O–H groups in total. The molecular formula is C15H26O. The molecule has 1 heteroatoms.